The molecule has 0 radical (unpaired) electrons. The minimum Gasteiger partial charge on any atom is -0.508 e. The molecule has 2 heteroatoms. The average Bonchev–Trinajstić information content (AvgIpc) is 2.02. The number of rotatable bonds is 3. The summed E-state index contributed by atoms with van der Waals surface area (Å²) in [7, 11) is 4.14. The Balaban J connectivity index is 2.86. The third-order valence-corrected chi connectivity index (χ3v) is 2.36. The number of phenols is 1. The molecule has 0 heterocycles. The molecule has 0 fully saturated rings. The van der Waals surface area contributed by atoms with E-state index in [0.717, 1.165) is 6.54 Å². The molecule has 0 unspecified atom stereocenters. The number of likely N-dealkylation sites (N-methyl/N-ethyl adjacent to an activating group) is 1. The number of hydrogen-bond donors (Lipinski definition) is 1. The summed E-state index contributed by atoms with van der Waals surface area (Å²) in [6, 6.07) is 7.46. The van der Waals surface area contributed by atoms with E-state index in [1.165, 1.54) is 5.56 Å². The Kier molecular flexibility index (Phi) is 3.17. The van der Waals surface area contributed by atoms with E-state index < -0.39 is 0 Å². The van der Waals surface area contributed by atoms with Crippen molar-refractivity contribution in [3.05, 3.63) is 29.8 Å². The summed E-state index contributed by atoms with van der Waals surface area (Å²) in [6.07, 6.45) is 0. The second kappa shape index (κ2) is 4.01. The number of nitrogens with zero attached hydrogens (tertiary/aromatic N) is 1. The quantitative estimate of drug-likeness (QED) is 0.795. The van der Waals surface area contributed by atoms with E-state index in [2.05, 4.69) is 32.8 Å². The zero-order valence-electron chi connectivity index (χ0n) is 9.41. The monoisotopic (exact) mass is 193 g/mol. The normalized spacial score (nSPS) is 12.1. The van der Waals surface area contributed by atoms with E-state index in [1.807, 2.05) is 12.1 Å². The third-order valence-electron chi connectivity index (χ3n) is 2.36. The van der Waals surface area contributed by atoms with Gasteiger partial charge in [0.25, 0.3) is 0 Å². The summed E-state index contributed by atoms with van der Waals surface area (Å²) < 4.78 is 0. The van der Waals surface area contributed by atoms with E-state index in [1.54, 1.807) is 12.1 Å². The van der Waals surface area contributed by atoms with Crippen LogP contribution in [-0.4, -0.2) is 30.6 Å². The van der Waals surface area contributed by atoms with Crippen LogP contribution in [0.15, 0.2) is 24.3 Å². The van der Waals surface area contributed by atoms with E-state index in [0.29, 0.717) is 5.75 Å². The Bertz CT molecular complexity index is 288. The predicted molar refractivity (Wildman–Crippen MR) is 59.7 cm³/mol. The van der Waals surface area contributed by atoms with Crippen molar-refractivity contribution in [3.63, 3.8) is 0 Å². The lowest BCUT2D eigenvalue weighted by Gasteiger charge is -2.28. The molecule has 1 N–H and O–H groups in total. The first-order valence-electron chi connectivity index (χ1n) is 4.86. The Labute approximate surface area is 86.2 Å². The number of hydrogen-bond acceptors (Lipinski definition) is 2. The lowest BCUT2D eigenvalue weighted by atomic mass is 9.84. The number of phenolic OH excluding ortho intramolecular Hbond substituents is 1. The molecule has 0 bridgehead atoms. The summed E-state index contributed by atoms with van der Waals surface area (Å²) in [5.74, 6) is 0.328. The zero-order valence-corrected chi connectivity index (χ0v) is 9.41. The summed E-state index contributed by atoms with van der Waals surface area (Å²) in [4.78, 5) is 2.17. The molecule has 14 heavy (non-hydrogen) atoms. The van der Waals surface area contributed by atoms with Crippen LogP contribution in [0.4, 0.5) is 0 Å². The lowest BCUT2D eigenvalue weighted by molar-refractivity contribution is 0.315. The van der Waals surface area contributed by atoms with Gasteiger partial charge in [0.05, 0.1) is 0 Å². The molecule has 2 nitrogen and oxygen atoms in total. The van der Waals surface area contributed by atoms with Crippen LogP contribution in [0.5, 0.6) is 5.75 Å². The van der Waals surface area contributed by atoms with Crippen LogP contribution in [0.2, 0.25) is 0 Å². The molecule has 78 valence electrons. The van der Waals surface area contributed by atoms with Gasteiger partial charge >= 0.3 is 0 Å². The van der Waals surface area contributed by atoms with Crippen molar-refractivity contribution in [1.82, 2.24) is 4.90 Å². The highest BCUT2D eigenvalue weighted by molar-refractivity contribution is 5.30. The topological polar surface area (TPSA) is 23.5 Å². The Morgan fingerprint density at radius 2 is 1.64 bits per heavy atom. The predicted octanol–water partition coefficient (Wildman–Crippen LogP) is 2.23. The van der Waals surface area contributed by atoms with Crippen molar-refractivity contribution < 1.29 is 5.11 Å². The summed E-state index contributed by atoms with van der Waals surface area (Å²) in [6.45, 7) is 5.41. The standard InChI is InChI=1S/C12H19NO/c1-12(2,9-13(3)4)10-5-7-11(14)8-6-10/h5-8,14H,9H2,1-4H3. The van der Waals surface area contributed by atoms with Gasteiger partial charge in [-0.15, -0.1) is 0 Å². The molecule has 0 atom stereocenters. The van der Waals surface area contributed by atoms with Gasteiger partial charge in [0.15, 0.2) is 0 Å². The van der Waals surface area contributed by atoms with Crippen molar-refractivity contribution in [2.24, 2.45) is 0 Å². The Hall–Kier alpha value is -1.02. The molecule has 0 aromatic heterocycles. The minimum atomic E-state index is 0.122. The van der Waals surface area contributed by atoms with Crippen LogP contribution in [0.3, 0.4) is 0 Å². The second-order valence-corrected chi connectivity index (χ2v) is 4.67. The highest BCUT2D eigenvalue weighted by Crippen LogP contribution is 2.25. The fourth-order valence-corrected chi connectivity index (χ4v) is 1.79. The SMILES string of the molecule is CN(C)CC(C)(C)c1ccc(O)cc1. The van der Waals surface area contributed by atoms with Crippen LogP contribution in [0.25, 0.3) is 0 Å². The van der Waals surface area contributed by atoms with Crippen LogP contribution < -0.4 is 0 Å². The molecular weight excluding hydrogens is 174 g/mol. The molecule has 0 aliphatic carbocycles. The van der Waals surface area contributed by atoms with E-state index in [-0.39, 0.29) is 5.41 Å². The molecule has 1 aromatic carbocycles. The molecule has 1 rings (SSSR count). The third kappa shape index (κ3) is 2.74. The van der Waals surface area contributed by atoms with Gasteiger partial charge in [0, 0.05) is 12.0 Å². The molecular formula is C12H19NO. The first kappa shape index (κ1) is 11.1. The second-order valence-electron chi connectivity index (χ2n) is 4.67. The zero-order chi connectivity index (χ0) is 10.8. The highest BCUT2D eigenvalue weighted by Gasteiger charge is 2.20. The maximum absolute atomic E-state index is 9.19. The largest absolute Gasteiger partial charge is 0.508 e. The molecule has 0 aliphatic heterocycles. The molecule has 0 saturated carbocycles. The summed E-state index contributed by atoms with van der Waals surface area (Å²) >= 11 is 0. The fraction of sp³-hybridized carbons (Fsp3) is 0.500. The summed E-state index contributed by atoms with van der Waals surface area (Å²) in [5.41, 5.74) is 1.38. The van der Waals surface area contributed by atoms with E-state index >= 15 is 0 Å². The van der Waals surface area contributed by atoms with Crippen LogP contribution >= 0.6 is 0 Å². The van der Waals surface area contributed by atoms with Crippen molar-refractivity contribution in [2.45, 2.75) is 19.3 Å². The van der Waals surface area contributed by atoms with Crippen LogP contribution in [-0.2, 0) is 5.41 Å². The average molecular weight is 193 g/mol. The van der Waals surface area contributed by atoms with Gasteiger partial charge < -0.3 is 10.0 Å². The highest BCUT2D eigenvalue weighted by atomic mass is 16.3. The maximum atomic E-state index is 9.19. The van der Waals surface area contributed by atoms with Gasteiger partial charge in [-0.25, -0.2) is 0 Å². The van der Waals surface area contributed by atoms with Gasteiger partial charge in [-0.1, -0.05) is 26.0 Å². The number of benzene rings is 1. The Morgan fingerprint density at radius 3 is 2.07 bits per heavy atom. The number of aromatic hydroxyl groups is 1. The van der Waals surface area contributed by atoms with Crippen LogP contribution in [0.1, 0.15) is 19.4 Å². The summed E-state index contributed by atoms with van der Waals surface area (Å²) in [5, 5.41) is 9.19. The lowest BCUT2D eigenvalue weighted by Crippen LogP contribution is -2.32. The van der Waals surface area contributed by atoms with Gasteiger partial charge in [0.1, 0.15) is 5.75 Å². The van der Waals surface area contributed by atoms with Crippen molar-refractivity contribution in [2.75, 3.05) is 20.6 Å². The first-order chi connectivity index (χ1) is 6.42. The van der Waals surface area contributed by atoms with E-state index in [9.17, 15) is 5.11 Å². The minimum absolute atomic E-state index is 0.122. The van der Waals surface area contributed by atoms with Crippen LogP contribution in [0, 0.1) is 0 Å². The van der Waals surface area contributed by atoms with Gasteiger partial charge in [0.2, 0.25) is 0 Å². The van der Waals surface area contributed by atoms with Gasteiger partial charge in [-0.3, -0.25) is 0 Å². The molecule has 1 aromatic rings. The maximum Gasteiger partial charge on any atom is 0.115 e. The fourth-order valence-electron chi connectivity index (χ4n) is 1.79. The smallest absolute Gasteiger partial charge is 0.115 e. The van der Waals surface area contributed by atoms with Crippen molar-refractivity contribution in [1.29, 1.82) is 0 Å². The van der Waals surface area contributed by atoms with Gasteiger partial charge in [-0.05, 0) is 31.8 Å². The van der Waals surface area contributed by atoms with Crippen molar-refractivity contribution in [3.8, 4) is 5.75 Å². The molecule has 0 aliphatic rings. The van der Waals surface area contributed by atoms with Crippen molar-refractivity contribution >= 4 is 0 Å². The first-order valence-corrected chi connectivity index (χ1v) is 4.86. The Morgan fingerprint density at radius 1 is 1.14 bits per heavy atom. The molecule has 0 spiro atoms. The molecule has 0 amide bonds. The van der Waals surface area contributed by atoms with Gasteiger partial charge in [-0.2, -0.15) is 0 Å². The molecule has 0 saturated heterocycles. The van der Waals surface area contributed by atoms with E-state index in [4.69, 9.17) is 0 Å².